The predicted molar refractivity (Wildman–Crippen MR) is 167 cm³/mol. The molecule has 0 saturated carbocycles. The molecule has 0 fully saturated rings. The van der Waals surface area contributed by atoms with Crippen molar-refractivity contribution in [1.82, 2.24) is 20.9 Å². The number of amides is 4. The highest BCUT2D eigenvalue weighted by molar-refractivity contribution is 8.00. The minimum Gasteiger partial charge on any atom is -0.392 e. The smallest absolute Gasteiger partial charge is 0.318 e. The summed E-state index contributed by atoms with van der Waals surface area (Å²) in [6.45, 7) is 6.65. The fraction of sp³-hybridized carbons (Fsp3) is 0.344. The minimum atomic E-state index is -0.768. The van der Waals surface area contributed by atoms with Crippen LogP contribution in [0.25, 0.3) is 11.1 Å². The molecule has 3 aromatic rings. The lowest BCUT2D eigenvalue weighted by Crippen LogP contribution is -2.50. The number of carbonyl (C=O) groups excluding carboxylic acids is 3. The molecule has 42 heavy (non-hydrogen) atoms. The monoisotopic (exact) mass is 589 g/mol. The maximum Gasteiger partial charge on any atom is 0.318 e. The predicted octanol–water partition coefficient (Wildman–Crippen LogP) is 4.32. The van der Waals surface area contributed by atoms with Gasteiger partial charge >= 0.3 is 6.03 Å². The average molecular weight is 590 g/mol. The zero-order valence-corrected chi connectivity index (χ0v) is 25.3. The summed E-state index contributed by atoms with van der Waals surface area (Å²) in [7, 11) is 1.57. The second-order valence-corrected chi connectivity index (χ2v) is 12.3. The van der Waals surface area contributed by atoms with E-state index in [2.05, 4.69) is 21.3 Å². The van der Waals surface area contributed by atoms with E-state index in [9.17, 15) is 19.5 Å². The van der Waals surface area contributed by atoms with Crippen molar-refractivity contribution >= 4 is 35.3 Å². The van der Waals surface area contributed by atoms with Crippen LogP contribution in [-0.4, -0.2) is 58.5 Å². The molecule has 1 aliphatic rings. The number of anilines is 1. The van der Waals surface area contributed by atoms with Crippen LogP contribution in [-0.2, 0) is 22.7 Å². The van der Waals surface area contributed by atoms with E-state index in [1.165, 1.54) is 11.8 Å². The van der Waals surface area contributed by atoms with Gasteiger partial charge in [0.15, 0.2) is 5.37 Å². The van der Waals surface area contributed by atoms with Gasteiger partial charge in [0, 0.05) is 49.1 Å². The van der Waals surface area contributed by atoms with Gasteiger partial charge in [-0.2, -0.15) is 0 Å². The largest absolute Gasteiger partial charge is 0.392 e. The Morgan fingerprint density at radius 3 is 2.45 bits per heavy atom. The third-order valence-electron chi connectivity index (χ3n) is 6.93. The molecule has 0 spiro atoms. The SMILES string of the molecule is CNC(=O)Nc1ccccc1-c1ccc(CN2Cc3ccccc3S[C@@H](NC(=O)CC(C)(C)NC[C@@H](C)O)C2=O)cc1. The number of nitrogens with zero attached hydrogens (tertiary/aromatic N) is 1. The molecule has 4 rings (SSSR count). The summed E-state index contributed by atoms with van der Waals surface area (Å²) >= 11 is 1.36. The van der Waals surface area contributed by atoms with Gasteiger partial charge in [0.1, 0.15) is 0 Å². The summed E-state index contributed by atoms with van der Waals surface area (Å²) in [5, 5.41) is 20.4. The highest BCUT2D eigenvalue weighted by Crippen LogP contribution is 2.33. The summed E-state index contributed by atoms with van der Waals surface area (Å²) in [6.07, 6.45) is -0.372. The Kier molecular flexibility index (Phi) is 10.3. The minimum absolute atomic E-state index is 0.156. The lowest BCUT2D eigenvalue weighted by Gasteiger charge is -2.28. The van der Waals surface area contributed by atoms with Crippen LogP contribution in [0.1, 0.15) is 38.3 Å². The number of urea groups is 1. The average Bonchev–Trinajstić information content (AvgIpc) is 3.08. The van der Waals surface area contributed by atoms with Crippen molar-refractivity contribution in [3.05, 3.63) is 83.9 Å². The third-order valence-corrected chi connectivity index (χ3v) is 8.13. The van der Waals surface area contributed by atoms with Crippen molar-refractivity contribution in [2.75, 3.05) is 18.9 Å². The lowest BCUT2D eigenvalue weighted by molar-refractivity contribution is -0.135. The molecule has 1 heterocycles. The summed E-state index contributed by atoms with van der Waals surface area (Å²) in [6, 6.07) is 23.1. The molecular formula is C32H39N5O4S. The van der Waals surface area contributed by atoms with E-state index in [0.717, 1.165) is 27.1 Å². The van der Waals surface area contributed by atoms with Crippen LogP contribution in [0.15, 0.2) is 77.7 Å². The maximum absolute atomic E-state index is 13.8. The van der Waals surface area contributed by atoms with Gasteiger partial charge in [-0.15, -0.1) is 0 Å². The van der Waals surface area contributed by atoms with Crippen LogP contribution >= 0.6 is 11.8 Å². The number of hydrogen-bond donors (Lipinski definition) is 5. The summed E-state index contributed by atoms with van der Waals surface area (Å²) in [5.41, 5.74) is 3.94. The van der Waals surface area contributed by atoms with E-state index < -0.39 is 17.0 Å². The number of benzene rings is 3. The van der Waals surface area contributed by atoms with Crippen molar-refractivity contribution < 1.29 is 19.5 Å². The number of aliphatic hydroxyl groups is 1. The molecular weight excluding hydrogens is 550 g/mol. The van der Waals surface area contributed by atoms with E-state index in [-0.39, 0.29) is 24.3 Å². The number of rotatable bonds is 10. The molecule has 4 amide bonds. The molecule has 5 N–H and O–H groups in total. The van der Waals surface area contributed by atoms with Crippen molar-refractivity contribution in [3.8, 4) is 11.1 Å². The molecule has 3 aromatic carbocycles. The number of thioether (sulfide) groups is 1. The molecule has 0 radical (unpaired) electrons. The normalized spacial score (nSPS) is 15.8. The molecule has 222 valence electrons. The van der Waals surface area contributed by atoms with E-state index in [4.69, 9.17) is 0 Å². The Morgan fingerprint density at radius 2 is 1.74 bits per heavy atom. The van der Waals surface area contributed by atoms with Gasteiger partial charge in [-0.05, 0) is 49.6 Å². The third kappa shape index (κ3) is 8.34. The fourth-order valence-corrected chi connectivity index (χ4v) is 5.86. The second-order valence-electron chi connectivity index (χ2n) is 11.1. The number of hydrogen-bond acceptors (Lipinski definition) is 6. The highest BCUT2D eigenvalue weighted by atomic mass is 32.2. The zero-order valence-electron chi connectivity index (χ0n) is 24.4. The van der Waals surface area contributed by atoms with Crippen LogP contribution in [0.2, 0.25) is 0 Å². The van der Waals surface area contributed by atoms with E-state index in [0.29, 0.717) is 25.3 Å². The Morgan fingerprint density at radius 1 is 1.05 bits per heavy atom. The first-order chi connectivity index (χ1) is 20.0. The van der Waals surface area contributed by atoms with Crippen LogP contribution < -0.4 is 21.3 Å². The Labute approximate surface area is 251 Å². The van der Waals surface area contributed by atoms with Gasteiger partial charge in [-0.25, -0.2) is 4.79 Å². The first-order valence-corrected chi connectivity index (χ1v) is 14.9. The van der Waals surface area contributed by atoms with Crippen molar-refractivity contribution in [2.45, 2.75) is 62.2 Å². The Hall–Kier alpha value is -3.86. The number of para-hydroxylation sites is 1. The topological polar surface area (TPSA) is 123 Å². The van der Waals surface area contributed by atoms with Crippen molar-refractivity contribution in [1.29, 1.82) is 0 Å². The van der Waals surface area contributed by atoms with Crippen molar-refractivity contribution in [3.63, 3.8) is 0 Å². The van der Waals surface area contributed by atoms with Gasteiger partial charge in [0.05, 0.1) is 11.8 Å². The van der Waals surface area contributed by atoms with Crippen LogP contribution in [0.5, 0.6) is 0 Å². The van der Waals surface area contributed by atoms with Crippen molar-refractivity contribution in [2.24, 2.45) is 0 Å². The Bertz CT molecular complexity index is 1410. The van der Waals surface area contributed by atoms with Gasteiger partial charge in [-0.3, -0.25) is 9.59 Å². The quantitative estimate of drug-likeness (QED) is 0.240. The zero-order chi connectivity index (χ0) is 30.3. The molecule has 0 unspecified atom stereocenters. The molecule has 10 heteroatoms. The molecule has 1 aliphatic heterocycles. The first kappa shape index (κ1) is 31.1. The number of fused-ring (bicyclic) bond motifs is 1. The van der Waals surface area contributed by atoms with Crippen LogP contribution in [0, 0.1) is 0 Å². The molecule has 0 saturated heterocycles. The number of β-amino-alcohol motifs (C(OH)–C–C–N with tert-alkyl or cyclic N) is 1. The van der Waals surface area contributed by atoms with E-state index in [1.807, 2.05) is 86.6 Å². The van der Waals surface area contributed by atoms with Gasteiger partial charge in [0.25, 0.3) is 5.91 Å². The number of nitrogens with one attached hydrogen (secondary N) is 4. The lowest BCUT2D eigenvalue weighted by atomic mass is 10.00. The summed E-state index contributed by atoms with van der Waals surface area (Å²) < 4.78 is 0. The molecule has 9 nitrogen and oxygen atoms in total. The van der Waals surface area contributed by atoms with Crippen LogP contribution in [0.4, 0.5) is 10.5 Å². The maximum atomic E-state index is 13.8. The fourth-order valence-electron chi connectivity index (χ4n) is 4.73. The standard InChI is InChI=1S/C32H39N5O4S/c1-21(38)18-34-32(2,3)17-28(39)36-29-30(40)37(20-24-9-5-8-12-27(24)42-29)19-22-13-15-23(16-14-22)25-10-6-7-11-26(25)35-31(41)33-4/h5-16,21,29,34,38H,17-20H2,1-4H3,(H,36,39)(H2,33,35,41)/t21-,29-/m1/s1. The first-order valence-electron chi connectivity index (χ1n) is 14.0. The summed E-state index contributed by atoms with van der Waals surface area (Å²) in [5.74, 6) is -0.403. The molecule has 0 bridgehead atoms. The van der Waals surface area contributed by atoms with E-state index in [1.54, 1.807) is 18.9 Å². The van der Waals surface area contributed by atoms with Gasteiger partial charge in [-0.1, -0.05) is 72.4 Å². The van der Waals surface area contributed by atoms with Crippen LogP contribution in [0.3, 0.4) is 0 Å². The van der Waals surface area contributed by atoms with Gasteiger partial charge in [0.2, 0.25) is 5.91 Å². The molecule has 0 aromatic heterocycles. The van der Waals surface area contributed by atoms with E-state index >= 15 is 0 Å². The summed E-state index contributed by atoms with van der Waals surface area (Å²) in [4.78, 5) is 41.5. The number of aliphatic hydroxyl groups excluding tert-OH is 1. The van der Waals surface area contributed by atoms with Gasteiger partial charge < -0.3 is 31.3 Å². The highest BCUT2D eigenvalue weighted by Gasteiger charge is 2.33. The number of carbonyl (C=O) groups is 3. The second kappa shape index (κ2) is 13.9. The molecule has 0 aliphatic carbocycles. The molecule has 2 atom stereocenters. The Balaban J connectivity index is 1.51.